The third-order valence-corrected chi connectivity index (χ3v) is 2.35. The SMILES string of the molecule is [CH]OC(c1cnc(Cl)s1)C(F)(F)F. The number of thiazole rings is 1. The van der Waals surface area contributed by atoms with Crippen LogP contribution in [0.25, 0.3) is 0 Å². The van der Waals surface area contributed by atoms with Crippen molar-refractivity contribution < 1.29 is 17.9 Å². The molecule has 0 aromatic carbocycles. The number of halogens is 4. The Hall–Kier alpha value is -0.330. The monoisotopic (exact) mass is 229 g/mol. The maximum atomic E-state index is 12.1. The van der Waals surface area contributed by atoms with Crippen molar-refractivity contribution in [3.05, 3.63) is 22.7 Å². The van der Waals surface area contributed by atoms with Gasteiger partial charge in [-0.25, -0.2) is 4.98 Å². The zero-order valence-corrected chi connectivity index (χ0v) is 7.58. The molecule has 0 saturated carbocycles. The molecule has 1 unspecified atom stereocenters. The van der Waals surface area contributed by atoms with Crippen LogP contribution in [0.5, 0.6) is 0 Å². The van der Waals surface area contributed by atoms with Crippen LogP contribution in [-0.2, 0) is 4.74 Å². The molecule has 0 aliphatic carbocycles. The van der Waals surface area contributed by atoms with Crippen LogP contribution in [0, 0.1) is 7.11 Å². The molecule has 0 aliphatic rings. The molecule has 1 rings (SSSR count). The highest BCUT2D eigenvalue weighted by Crippen LogP contribution is 2.38. The predicted molar refractivity (Wildman–Crippen MR) is 41.3 cm³/mol. The van der Waals surface area contributed by atoms with Gasteiger partial charge in [-0.3, -0.25) is 0 Å². The Morgan fingerprint density at radius 3 is 2.54 bits per heavy atom. The van der Waals surface area contributed by atoms with Crippen LogP contribution in [-0.4, -0.2) is 11.2 Å². The second kappa shape index (κ2) is 3.81. The molecule has 1 atom stereocenters. The van der Waals surface area contributed by atoms with Gasteiger partial charge in [-0.05, 0) is 0 Å². The highest BCUT2D eigenvalue weighted by atomic mass is 35.5. The van der Waals surface area contributed by atoms with Gasteiger partial charge in [0.1, 0.15) is 7.11 Å². The number of aromatic nitrogens is 1. The van der Waals surface area contributed by atoms with Crippen molar-refractivity contribution >= 4 is 22.9 Å². The van der Waals surface area contributed by atoms with E-state index in [1.807, 2.05) is 0 Å². The van der Waals surface area contributed by atoms with Crippen molar-refractivity contribution in [3.63, 3.8) is 0 Å². The Balaban J connectivity index is 2.91. The van der Waals surface area contributed by atoms with Gasteiger partial charge >= 0.3 is 6.18 Å². The molecular weight excluding hydrogens is 227 g/mol. The Kier molecular flexibility index (Phi) is 3.15. The van der Waals surface area contributed by atoms with Crippen LogP contribution in [0.4, 0.5) is 13.2 Å². The van der Waals surface area contributed by atoms with Crippen LogP contribution < -0.4 is 0 Å². The molecule has 0 saturated heterocycles. The Bertz CT molecular complexity index is 288. The summed E-state index contributed by atoms with van der Waals surface area (Å²) in [6.45, 7) is 0. The second-order valence-corrected chi connectivity index (χ2v) is 3.72. The van der Waals surface area contributed by atoms with Crippen LogP contribution in [0.3, 0.4) is 0 Å². The van der Waals surface area contributed by atoms with Gasteiger partial charge in [-0.1, -0.05) is 11.6 Å². The lowest BCUT2D eigenvalue weighted by molar-refractivity contribution is -0.208. The van der Waals surface area contributed by atoms with Crippen LogP contribution >= 0.6 is 22.9 Å². The molecule has 1 heterocycles. The summed E-state index contributed by atoms with van der Waals surface area (Å²) in [5.41, 5.74) is 0. The zero-order chi connectivity index (χ0) is 10.1. The van der Waals surface area contributed by atoms with E-state index in [9.17, 15) is 13.2 Å². The third kappa shape index (κ3) is 2.55. The van der Waals surface area contributed by atoms with Crippen molar-refractivity contribution in [1.82, 2.24) is 4.98 Å². The molecule has 0 aliphatic heterocycles. The number of hydrogen-bond acceptors (Lipinski definition) is 3. The van der Waals surface area contributed by atoms with Gasteiger partial charge in [0.2, 0.25) is 0 Å². The molecular formula is C6H3ClF3NOS. The summed E-state index contributed by atoms with van der Waals surface area (Å²) >= 11 is 6.03. The Morgan fingerprint density at radius 1 is 1.62 bits per heavy atom. The predicted octanol–water partition coefficient (Wildman–Crippen LogP) is 3.09. The molecule has 0 bridgehead atoms. The minimum atomic E-state index is -4.55. The van der Waals surface area contributed by atoms with E-state index in [0.29, 0.717) is 11.3 Å². The van der Waals surface area contributed by atoms with Crippen molar-refractivity contribution in [2.45, 2.75) is 12.3 Å². The molecule has 13 heavy (non-hydrogen) atoms. The van der Waals surface area contributed by atoms with Crippen LogP contribution in [0.15, 0.2) is 6.20 Å². The van der Waals surface area contributed by atoms with E-state index in [-0.39, 0.29) is 9.34 Å². The van der Waals surface area contributed by atoms with Crippen LogP contribution in [0.1, 0.15) is 11.0 Å². The van der Waals surface area contributed by atoms with E-state index in [4.69, 9.17) is 11.6 Å². The maximum absolute atomic E-state index is 12.1. The highest BCUT2D eigenvalue weighted by molar-refractivity contribution is 7.15. The lowest BCUT2D eigenvalue weighted by Gasteiger charge is -2.15. The van der Waals surface area contributed by atoms with Crippen molar-refractivity contribution in [1.29, 1.82) is 0 Å². The molecule has 0 spiro atoms. The summed E-state index contributed by atoms with van der Waals surface area (Å²) in [5.74, 6) is 0. The normalized spacial score (nSPS) is 14.5. The average Bonchev–Trinajstić information content (AvgIpc) is 2.34. The zero-order valence-electron chi connectivity index (χ0n) is 6.01. The molecule has 0 fully saturated rings. The Labute approximate surface area is 81.3 Å². The average molecular weight is 230 g/mol. The van der Waals surface area contributed by atoms with E-state index >= 15 is 0 Å². The molecule has 7 heteroatoms. The molecule has 0 N–H and O–H groups in total. The molecule has 2 radical (unpaired) electrons. The van der Waals surface area contributed by atoms with Gasteiger partial charge in [0, 0.05) is 6.20 Å². The molecule has 0 amide bonds. The smallest absolute Gasteiger partial charge is 0.354 e. The first-order valence-electron chi connectivity index (χ1n) is 2.98. The largest absolute Gasteiger partial charge is 0.419 e. The van der Waals surface area contributed by atoms with Gasteiger partial charge in [0.05, 0.1) is 4.88 Å². The van der Waals surface area contributed by atoms with Gasteiger partial charge in [0.25, 0.3) is 0 Å². The summed E-state index contributed by atoms with van der Waals surface area (Å²) in [6.07, 6.45) is -5.72. The number of rotatable bonds is 2. The van der Waals surface area contributed by atoms with E-state index in [2.05, 4.69) is 16.8 Å². The minimum Gasteiger partial charge on any atom is -0.354 e. The second-order valence-electron chi connectivity index (χ2n) is 2.07. The molecule has 1 aromatic rings. The summed E-state index contributed by atoms with van der Waals surface area (Å²) < 4.78 is 40.3. The van der Waals surface area contributed by atoms with Gasteiger partial charge in [-0.15, -0.1) is 11.3 Å². The van der Waals surface area contributed by atoms with E-state index < -0.39 is 12.3 Å². The fraction of sp³-hybridized carbons (Fsp3) is 0.333. The van der Waals surface area contributed by atoms with Gasteiger partial charge in [-0.2, -0.15) is 13.2 Å². The van der Waals surface area contributed by atoms with E-state index in [1.165, 1.54) is 0 Å². The quantitative estimate of drug-likeness (QED) is 0.778. The van der Waals surface area contributed by atoms with E-state index in [1.54, 1.807) is 0 Å². The molecule has 1 aromatic heterocycles. The molecule has 2 nitrogen and oxygen atoms in total. The minimum absolute atomic E-state index is 0.0151. The van der Waals surface area contributed by atoms with Crippen molar-refractivity contribution in [2.24, 2.45) is 0 Å². The van der Waals surface area contributed by atoms with Crippen LogP contribution in [0.2, 0.25) is 4.47 Å². The summed E-state index contributed by atoms with van der Waals surface area (Å²) in [6, 6.07) is 0. The fourth-order valence-electron chi connectivity index (χ4n) is 0.691. The lowest BCUT2D eigenvalue weighted by Crippen LogP contribution is -2.20. The molecule has 72 valence electrons. The first-order chi connectivity index (χ1) is 5.95. The number of ether oxygens (including phenoxy) is 1. The van der Waals surface area contributed by atoms with Gasteiger partial charge < -0.3 is 4.74 Å². The van der Waals surface area contributed by atoms with E-state index in [0.717, 1.165) is 6.20 Å². The highest BCUT2D eigenvalue weighted by Gasteiger charge is 2.42. The fourth-order valence-corrected chi connectivity index (χ4v) is 1.71. The first-order valence-corrected chi connectivity index (χ1v) is 4.18. The number of nitrogens with zero attached hydrogens (tertiary/aromatic N) is 1. The number of hydrogen-bond donors (Lipinski definition) is 0. The van der Waals surface area contributed by atoms with Crippen molar-refractivity contribution in [2.75, 3.05) is 0 Å². The summed E-state index contributed by atoms with van der Waals surface area (Å²) in [4.78, 5) is 3.28. The third-order valence-electron chi connectivity index (χ3n) is 1.19. The van der Waals surface area contributed by atoms with Gasteiger partial charge in [0.15, 0.2) is 10.6 Å². The first kappa shape index (κ1) is 10.7. The lowest BCUT2D eigenvalue weighted by atomic mass is 10.3. The summed E-state index contributed by atoms with van der Waals surface area (Å²) in [7, 11) is 4.52. The maximum Gasteiger partial charge on any atom is 0.419 e. The van der Waals surface area contributed by atoms with Crippen molar-refractivity contribution in [3.8, 4) is 0 Å². The number of alkyl halides is 3. The topological polar surface area (TPSA) is 22.1 Å². The summed E-state index contributed by atoms with van der Waals surface area (Å²) in [5, 5.41) is 0. The standard InChI is InChI=1S/C6H3ClF3NOS/c1-12-4(6(8,9)10)3-2-11-5(7)13-3/h1-2,4H. The Morgan fingerprint density at radius 2 is 2.23 bits per heavy atom.